The number of nitrogens with zero attached hydrogens (tertiary/aromatic N) is 2. The summed E-state index contributed by atoms with van der Waals surface area (Å²) in [5.41, 5.74) is 1.03. The molecule has 1 rings (SSSR count). The first kappa shape index (κ1) is 17.2. The number of sulfonamides is 1. The highest BCUT2D eigenvalue weighted by molar-refractivity contribution is 7.89. The van der Waals surface area contributed by atoms with Gasteiger partial charge in [-0.1, -0.05) is 20.8 Å². The van der Waals surface area contributed by atoms with Crippen molar-refractivity contribution in [2.45, 2.75) is 51.6 Å². The third-order valence-electron chi connectivity index (χ3n) is 3.23. The van der Waals surface area contributed by atoms with Crippen LogP contribution in [0.1, 0.15) is 39.3 Å². The van der Waals surface area contributed by atoms with Crippen LogP contribution < -0.4 is 5.32 Å². The zero-order chi connectivity index (χ0) is 15.2. The molecule has 0 unspecified atom stereocenters. The Morgan fingerprint density at radius 3 is 2.50 bits per heavy atom. The van der Waals surface area contributed by atoms with E-state index in [0.717, 1.165) is 31.6 Å². The lowest BCUT2D eigenvalue weighted by Crippen LogP contribution is -2.27. The van der Waals surface area contributed by atoms with E-state index in [1.165, 1.54) is 4.31 Å². The summed E-state index contributed by atoms with van der Waals surface area (Å²) in [6.45, 7) is 9.06. The standard InChI is InChI=1S/C14H27N3O2S/c1-5-8-16(4)20(18,19)14-10-13(11-15-7-3)17(12-14)9-6-2/h10,12,15H,5-9,11H2,1-4H3. The van der Waals surface area contributed by atoms with E-state index in [0.29, 0.717) is 18.0 Å². The topological polar surface area (TPSA) is 54.3 Å². The summed E-state index contributed by atoms with van der Waals surface area (Å²) in [6, 6.07) is 1.79. The van der Waals surface area contributed by atoms with Crippen LogP contribution in [0.3, 0.4) is 0 Å². The van der Waals surface area contributed by atoms with E-state index >= 15 is 0 Å². The van der Waals surface area contributed by atoms with Gasteiger partial charge in [0.25, 0.3) is 0 Å². The number of aryl methyl sites for hydroxylation is 1. The molecule has 0 atom stereocenters. The maximum Gasteiger partial charge on any atom is 0.244 e. The van der Waals surface area contributed by atoms with Gasteiger partial charge in [0.15, 0.2) is 0 Å². The molecule has 0 amide bonds. The Morgan fingerprint density at radius 2 is 1.95 bits per heavy atom. The van der Waals surface area contributed by atoms with E-state index < -0.39 is 10.0 Å². The van der Waals surface area contributed by atoms with Gasteiger partial charge in [-0.3, -0.25) is 0 Å². The molecule has 0 spiro atoms. The average Bonchev–Trinajstić information content (AvgIpc) is 2.81. The first-order valence-corrected chi connectivity index (χ1v) is 8.77. The summed E-state index contributed by atoms with van der Waals surface area (Å²) < 4.78 is 28.4. The van der Waals surface area contributed by atoms with Gasteiger partial charge in [-0.05, 0) is 25.5 Å². The molecule has 6 heteroatoms. The third-order valence-corrected chi connectivity index (χ3v) is 5.05. The molecule has 20 heavy (non-hydrogen) atoms. The van der Waals surface area contributed by atoms with Crippen LogP contribution in [-0.2, 0) is 23.1 Å². The van der Waals surface area contributed by atoms with E-state index in [9.17, 15) is 8.42 Å². The van der Waals surface area contributed by atoms with Gasteiger partial charge in [-0.15, -0.1) is 0 Å². The predicted octanol–water partition coefficient (Wildman–Crippen LogP) is 2.04. The molecule has 0 aliphatic rings. The minimum atomic E-state index is -3.36. The van der Waals surface area contributed by atoms with E-state index in [1.54, 1.807) is 19.3 Å². The van der Waals surface area contributed by atoms with Crippen LogP contribution in [0, 0.1) is 0 Å². The Kier molecular flexibility index (Phi) is 6.71. The van der Waals surface area contributed by atoms with Crippen LogP contribution >= 0.6 is 0 Å². The van der Waals surface area contributed by atoms with Crippen LogP contribution in [0.5, 0.6) is 0 Å². The Balaban J connectivity index is 3.06. The highest BCUT2D eigenvalue weighted by atomic mass is 32.2. The van der Waals surface area contributed by atoms with Gasteiger partial charge < -0.3 is 9.88 Å². The summed E-state index contributed by atoms with van der Waals surface area (Å²) in [6.07, 6.45) is 3.56. The first-order chi connectivity index (χ1) is 9.47. The third kappa shape index (κ3) is 4.07. The molecule has 116 valence electrons. The zero-order valence-corrected chi connectivity index (χ0v) is 13.8. The van der Waals surface area contributed by atoms with Gasteiger partial charge in [-0.25, -0.2) is 12.7 Å². The molecule has 5 nitrogen and oxygen atoms in total. The highest BCUT2D eigenvalue weighted by Gasteiger charge is 2.22. The Labute approximate surface area is 123 Å². The minimum absolute atomic E-state index is 0.398. The minimum Gasteiger partial charge on any atom is -0.349 e. The highest BCUT2D eigenvalue weighted by Crippen LogP contribution is 2.19. The summed E-state index contributed by atoms with van der Waals surface area (Å²) in [7, 11) is -1.72. The number of hydrogen-bond acceptors (Lipinski definition) is 3. The predicted molar refractivity (Wildman–Crippen MR) is 82.2 cm³/mol. The van der Waals surface area contributed by atoms with Crippen molar-refractivity contribution in [2.24, 2.45) is 0 Å². The van der Waals surface area contributed by atoms with Crippen molar-refractivity contribution in [3.63, 3.8) is 0 Å². The van der Waals surface area contributed by atoms with Gasteiger partial charge in [0.1, 0.15) is 4.90 Å². The lowest BCUT2D eigenvalue weighted by atomic mass is 10.4. The number of rotatable bonds is 9. The second kappa shape index (κ2) is 7.81. The SMILES string of the molecule is CCCN(C)S(=O)(=O)c1cc(CNCC)n(CCC)c1. The molecule has 1 aromatic heterocycles. The summed E-state index contributed by atoms with van der Waals surface area (Å²) in [5.74, 6) is 0. The molecule has 1 aromatic rings. The summed E-state index contributed by atoms with van der Waals surface area (Å²) >= 11 is 0. The molecule has 0 saturated heterocycles. The quantitative estimate of drug-likeness (QED) is 0.759. The fourth-order valence-electron chi connectivity index (χ4n) is 2.13. The molecule has 0 radical (unpaired) electrons. The van der Waals surface area contributed by atoms with E-state index in [4.69, 9.17) is 0 Å². The lowest BCUT2D eigenvalue weighted by Gasteiger charge is -2.14. The molecule has 1 N–H and O–H groups in total. The monoisotopic (exact) mass is 301 g/mol. The normalized spacial score (nSPS) is 12.2. The second-order valence-corrected chi connectivity index (χ2v) is 7.01. The fourth-order valence-corrected chi connectivity index (χ4v) is 3.46. The van der Waals surface area contributed by atoms with Gasteiger partial charge in [0.05, 0.1) is 0 Å². The van der Waals surface area contributed by atoms with E-state index in [2.05, 4.69) is 12.2 Å². The molecule has 0 aromatic carbocycles. The van der Waals surface area contributed by atoms with Crippen LogP contribution in [0.25, 0.3) is 0 Å². The maximum atomic E-state index is 12.5. The molecule has 0 aliphatic carbocycles. The van der Waals surface area contributed by atoms with Gasteiger partial charge in [0, 0.05) is 38.6 Å². The Hall–Kier alpha value is -0.850. The Bertz CT molecular complexity index is 508. The van der Waals surface area contributed by atoms with Crippen molar-refractivity contribution in [1.29, 1.82) is 0 Å². The smallest absolute Gasteiger partial charge is 0.244 e. The molecule has 0 aliphatic heterocycles. The van der Waals surface area contributed by atoms with Gasteiger partial charge >= 0.3 is 0 Å². The molecule has 0 saturated carbocycles. The van der Waals surface area contributed by atoms with Crippen molar-refractivity contribution in [2.75, 3.05) is 20.1 Å². The molecule has 1 heterocycles. The van der Waals surface area contributed by atoms with Crippen molar-refractivity contribution in [3.05, 3.63) is 18.0 Å². The van der Waals surface area contributed by atoms with E-state index in [-0.39, 0.29) is 0 Å². The Morgan fingerprint density at radius 1 is 1.25 bits per heavy atom. The molecule has 0 bridgehead atoms. The first-order valence-electron chi connectivity index (χ1n) is 7.33. The van der Waals surface area contributed by atoms with Gasteiger partial charge in [0.2, 0.25) is 10.0 Å². The average molecular weight is 301 g/mol. The van der Waals surface area contributed by atoms with E-state index in [1.807, 2.05) is 18.4 Å². The lowest BCUT2D eigenvalue weighted by molar-refractivity contribution is 0.468. The summed E-state index contributed by atoms with van der Waals surface area (Å²) in [4.78, 5) is 0.398. The summed E-state index contributed by atoms with van der Waals surface area (Å²) in [5, 5.41) is 3.25. The molecular weight excluding hydrogens is 274 g/mol. The van der Waals surface area contributed by atoms with Crippen LogP contribution in [0.4, 0.5) is 0 Å². The van der Waals surface area contributed by atoms with Crippen LogP contribution in [0.15, 0.2) is 17.2 Å². The van der Waals surface area contributed by atoms with Crippen molar-refractivity contribution < 1.29 is 8.42 Å². The zero-order valence-electron chi connectivity index (χ0n) is 13.0. The van der Waals surface area contributed by atoms with Crippen LogP contribution in [-0.4, -0.2) is 37.4 Å². The number of hydrogen-bond donors (Lipinski definition) is 1. The van der Waals surface area contributed by atoms with Gasteiger partial charge in [-0.2, -0.15) is 0 Å². The number of aromatic nitrogens is 1. The fraction of sp³-hybridized carbons (Fsp3) is 0.714. The number of nitrogens with one attached hydrogen (secondary N) is 1. The van der Waals surface area contributed by atoms with Crippen molar-refractivity contribution in [3.8, 4) is 0 Å². The van der Waals surface area contributed by atoms with Crippen molar-refractivity contribution >= 4 is 10.0 Å². The van der Waals surface area contributed by atoms with Crippen molar-refractivity contribution in [1.82, 2.24) is 14.2 Å². The van der Waals surface area contributed by atoms with Crippen LogP contribution in [0.2, 0.25) is 0 Å². The second-order valence-electron chi connectivity index (χ2n) is 4.97. The maximum absolute atomic E-state index is 12.5. The molecular formula is C14H27N3O2S. The largest absolute Gasteiger partial charge is 0.349 e. The molecule has 0 fully saturated rings.